The lowest BCUT2D eigenvalue weighted by Gasteiger charge is -2.25. The average Bonchev–Trinajstić information content (AvgIpc) is 2.96. The molecule has 4 rings (SSSR count). The van der Waals surface area contributed by atoms with E-state index in [1.165, 1.54) is 4.90 Å². The van der Waals surface area contributed by atoms with Gasteiger partial charge in [0.25, 0.3) is 0 Å². The Morgan fingerprint density at radius 3 is 2.55 bits per heavy atom. The molecule has 3 atom stereocenters. The molecular weight excluding hydrogens is 434 g/mol. The molecule has 2 fully saturated rings. The largest absolute Gasteiger partial charge is 0.485 e. The first kappa shape index (κ1) is 19.8. The van der Waals surface area contributed by atoms with Crippen molar-refractivity contribution < 1.29 is 19.1 Å². The zero-order valence-corrected chi connectivity index (χ0v) is 17.7. The maximum Gasteiger partial charge on any atom is 0.237 e. The second-order valence-electron chi connectivity index (χ2n) is 7.86. The van der Waals surface area contributed by atoms with Crippen molar-refractivity contribution in [2.45, 2.75) is 26.2 Å². The van der Waals surface area contributed by atoms with Crippen LogP contribution in [0.25, 0.3) is 0 Å². The smallest absolute Gasteiger partial charge is 0.237 e. The lowest BCUT2D eigenvalue weighted by Crippen LogP contribution is -2.30. The van der Waals surface area contributed by atoms with E-state index < -0.39 is 0 Å². The van der Waals surface area contributed by atoms with Crippen LogP contribution in [0, 0.1) is 17.8 Å². The summed E-state index contributed by atoms with van der Waals surface area (Å²) >= 11 is 3.34. The van der Waals surface area contributed by atoms with Gasteiger partial charge in [0.1, 0.15) is 5.75 Å². The molecule has 0 unspecified atom stereocenters. The van der Waals surface area contributed by atoms with Crippen LogP contribution in [-0.2, 0) is 9.59 Å². The van der Waals surface area contributed by atoms with E-state index in [1.807, 2.05) is 0 Å². The number of nitrogens with zero attached hydrogens (tertiary/aromatic N) is 1. The van der Waals surface area contributed by atoms with Gasteiger partial charge in [0.2, 0.25) is 11.8 Å². The topological polar surface area (TPSA) is 63.7 Å². The van der Waals surface area contributed by atoms with Crippen LogP contribution in [0.5, 0.6) is 5.75 Å². The normalized spacial score (nSPS) is 23.8. The maximum atomic E-state index is 12.9. The van der Waals surface area contributed by atoms with Crippen LogP contribution in [0.4, 0.5) is 5.69 Å². The van der Waals surface area contributed by atoms with Crippen molar-refractivity contribution in [1.29, 1.82) is 0 Å². The number of amides is 2. The maximum absolute atomic E-state index is 12.9. The van der Waals surface area contributed by atoms with Crippen molar-refractivity contribution in [3.05, 3.63) is 58.6 Å². The summed E-state index contributed by atoms with van der Waals surface area (Å²) in [5.74, 6) is 0.127. The summed E-state index contributed by atoms with van der Waals surface area (Å²) in [4.78, 5) is 39.4. The van der Waals surface area contributed by atoms with E-state index in [-0.39, 0.29) is 36.0 Å². The second kappa shape index (κ2) is 8.11. The number of ketones is 1. The van der Waals surface area contributed by atoms with E-state index in [0.29, 0.717) is 22.9 Å². The number of hydrogen-bond donors (Lipinski definition) is 0. The Labute approximate surface area is 178 Å². The molecule has 1 heterocycles. The second-order valence-corrected chi connectivity index (χ2v) is 8.77. The van der Waals surface area contributed by atoms with Crippen LogP contribution in [0.3, 0.4) is 0 Å². The van der Waals surface area contributed by atoms with Gasteiger partial charge in [0, 0.05) is 16.1 Å². The molecule has 2 aliphatic rings. The molecule has 0 N–H and O–H groups in total. The van der Waals surface area contributed by atoms with Crippen LogP contribution in [0.15, 0.2) is 53.0 Å². The summed E-state index contributed by atoms with van der Waals surface area (Å²) in [7, 11) is 0. The number of benzene rings is 2. The number of Topliss-reactive ketones (excluding diaryl/α,β-unsaturated/α-hetero) is 1. The molecule has 2 aromatic carbocycles. The summed E-state index contributed by atoms with van der Waals surface area (Å²) in [6.45, 7) is 2.02. The van der Waals surface area contributed by atoms with Crippen LogP contribution < -0.4 is 9.64 Å². The summed E-state index contributed by atoms with van der Waals surface area (Å²) in [5.41, 5.74) is 1.07. The van der Waals surface area contributed by atoms with E-state index in [4.69, 9.17) is 4.74 Å². The average molecular weight is 456 g/mol. The minimum absolute atomic E-state index is 0.115. The summed E-state index contributed by atoms with van der Waals surface area (Å²) in [5, 5.41) is 0. The van der Waals surface area contributed by atoms with Gasteiger partial charge in [-0.15, -0.1) is 0 Å². The number of imide groups is 1. The fourth-order valence-electron chi connectivity index (χ4n) is 4.22. The van der Waals surface area contributed by atoms with Crippen LogP contribution in [0.2, 0.25) is 0 Å². The molecular formula is C23H22BrNO4. The number of halogens is 1. The van der Waals surface area contributed by atoms with Gasteiger partial charge in [-0.25, -0.2) is 4.90 Å². The van der Waals surface area contributed by atoms with Crippen molar-refractivity contribution in [2.75, 3.05) is 11.5 Å². The van der Waals surface area contributed by atoms with Crippen molar-refractivity contribution in [1.82, 2.24) is 0 Å². The first-order valence-electron chi connectivity index (χ1n) is 9.83. The molecule has 5 nitrogen and oxygen atoms in total. The number of ether oxygens (including phenoxy) is 1. The van der Waals surface area contributed by atoms with Crippen molar-refractivity contribution in [3.63, 3.8) is 0 Å². The monoisotopic (exact) mass is 455 g/mol. The number of fused-ring (bicyclic) bond motifs is 1. The van der Waals surface area contributed by atoms with Gasteiger partial charge in [0.05, 0.1) is 17.5 Å². The number of carbonyl (C=O) groups excluding carboxylic acids is 3. The zero-order valence-electron chi connectivity index (χ0n) is 16.1. The lowest BCUT2D eigenvalue weighted by molar-refractivity contribution is -0.122. The standard InChI is InChI=1S/C23H22BrNO4/c1-14-5-10-19-20(11-14)23(28)25(22(19)27)17-3-2-4-18(12-17)29-13-21(26)15-6-8-16(24)9-7-15/h2-4,6-9,12,14,19-20H,5,10-11,13H2,1H3/t14-,19+,20-/m1/s1. The van der Waals surface area contributed by atoms with Gasteiger partial charge in [0.15, 0.2) is 12.4 Å². The van der Waals surface area contributed by atoms with Crippen LogP contribution >= 0.6 is 15.9 Å². The molecule has 1 aliphatic heterocycles. The highest BCUT2D eigenvalue weighted by molar-refractivity contribution is 9.10. The number of carbonyl (C=O) groups is 3. The molecule has 150 valence electrons. The van der Waals surface area contributed by atoms with Gasteiger partial charge < -0.3 is 4.74 Å². The van der Waals surface area contributed by atoms with E-state index in [2.05, 4.69) is 22.9 Å². The highest BCUT2D eigenvalue weighted by atomic mass is 79.9. The predicted molar refractivity (Wildman–Crippen MR) is 113 cm³/mol. The van der Waals surface area contributed by atoms with Gasteiger partial charge >= 0.3 is 0 Å². The third-order valence-electron chi connectivity index (χ3n) is 5.80. The van der Waals surface area contributed by atoms with E-state index in [9.17, 15) is 14.4 Å². The Morgan fingerprint density at radius 2 is 1.79 bits per heavy atom. The minimum Gasteiger partial charge on any atom is -0.485 e. The van der Waals surface area contributed by atoms with Gasteiger partial charge in [-0.1, -0.05) is 41.1 Å². The Hall–Kier alpha value is -2.47. The van der Waals surface area contributed by atoms with Crippen LogP contribution in [0.1, 0.15) is 36.5 Å². The molecule has 2 amide bonds. The molecule has 6 heteroatoms. The number of rotatable bonds is 5. The van der Waals surface area contributed by atoms with Gasteiger partial charge in [-0.05, 0) is 49.4 Å². The highest BCUT2D eigenvalue weighted by Gasteiger charge is 2.49. The Bertz CT molecular complexity index is 956. The molecule has 0 aromatic heterocycles. The Morgan fingerprint density at radius 1 is 1.07 bits per heavy atom. The lowest BCUT2D eigenvalue weighted by atomic mass is 9.76. The molecule has 29 heavy (non-hydrogen) atoms. The fraction of sp³-hybridized carbons (Fsp3) is 0.348. The number of hydrogen-bond acceptors (Lipinski definition) is 4. The molecule has 1 saturated carbocycles. The number of anilines is 1. The molecule has 0 radical (unpaired) electrons. The highest BCUT2D eigenvalue weighted by Crippen LogP contribution is 2.42. The van der Waals surface area contributed by atoms with Crippen LogP contribution in [-0.4, -0.2) is 24.2 Å². The van der Waals surface area contributed by atoms with E-state index in [0.717, 1.165) is 23.7 Å². The summed E-state index contributed by atoms with van der Waals surface area (Å²) in [6, 6.07) is 13.9. The first-order valence-corrected chi connectivity index (χ1v) is 10.6. The zero-order chi connectivity index (χ0) is 20.5. The molecule has 2 aromatic rings. The molecule has 1 saturated heterocycles. The summed E-state index contributed by atoms with van der Waals surface area (Å²) < 4.78 is 6.55. The van der Waals surface area contributed by atoms with E-state index >= 15 is 0 Å². The fourth-order valence-corrected chi connectivity index (χ4v) is 4.49. The van der Waals surface area contributed by atoms with Gasteiger partial charge in [-0.2, -0.15) is 0 Å². The Balaban J connectivity index is 1.47. The van der Waals surface area contributed by atoms with Crippen molar-refractivity contribution in [2.24, 2.45) is 17.8 Å². The Kier molecular flexibility index (Phi) is 5.54. The summed E-state index contributed by atoms with van der Waals surface area (Å²) in [6.07, 6.45) is 2.52. The molecule has 0 spiro atoms. The predicted octanol–water partition coefficient (Wildman–Crippen LogP) is 4.64. The van der Waals surface area contributed by atoms with Gasteiger partial charge in [-0.3, -0.25) is 14.4 Å². The quantitative estimate of drug-likeness (QED) is 0.486. The third-order valence-corrected chi connectivity index (χ3v) is 6.33. The first-order chi connectivity index (χ1) is 13.9. The van der Waals surface area contributed by atoms with E-state index in [1.54, 1.807) is 48.5 Å². The van der Waals surface area contributed by atoms with Crippen molar-refractivity contribution >= 4 is 39.2 Å². The minimum atomic E-state index is -0.213. The molecule has 0 bridgehead atoms. The third kappa shape index (κ3) is 3.99. The molecule has 1 aliphatic carbocycles. The SMILES string of the molecule is C[C@@H]1CC[C@@H]2C(=O)N(c3cccc(OCC(=O)c4ccc(Br)cc4)c3)C(=O)[C@@H]2C1. The van der Waals surface area contributed by atoms with Crippen molar-refractivity contribution in [3.8, 4) is 5.75 Å².